The van der Waals surface area contributed by atoms with E-state index >= 15 is 0 Å². The van der Waals surface area contributed by atoms with Gasteiger partial charge in [0, 0.05) is 18.7 Å². The van der Waals surface area contributed by atoms with Crippen LogP contribution in [0.15, 0.2) is 78.9 Å². The highest BCUT2D eigenvalue weighted by Gasteiger charge is 2.36. The Kier molecular flexibility index (Phi) is 5.43. The normalized spacial score (nSPS) is 16.1. The van der Waals surface area contributed by atoms with Gasteiger partial charge in [0.2, 0.25) is 5.91 Å². The molecule has 1 fully saturated rings. The van der Waals surface area contributed by atoms with Crippen molar-refractivity contribution in [3.8, 4) is 5.75 Å². The van der Waals surface area contributed by atoms with Crippen LogP contribution in [0, 0.1) is 12.8 Å². The number of carbonyl (C=O) groups is 2. The minimum absolute atomic E-state index is 0.0472. The van der Waals surface area contributed by atoms with E-state index in [1.807, 2.05) is 73.7 Å². The molecule has 4 nitrogen and oxygen atoms in total. The van der Waals surface area contributed by atoms with Crippen molar-refractivity contribution < 1.29 is 14.3 Å². The lowest BCUT2D eigenvalue weighted by Crippen LogP contribution is -2.27. The second-order valence-electron chi connectivity index (χ2n) is 7.47. The quantitative estimate of drug-likeness (QED) is 0.478. The van der Waals surface area contributed by atoms with Gasteiger partial charge in [-0.1, -0.05) is 60.2 Å². The first kappa shape index (κ1) is 18.9. The molecule has 0 bridgehead atoms. The maximum Gasteiger partial charge on any atom is 0.316 e. The molecule has 0 aromatic heterocycles. The molecular weight excluding hydrogens is 362 g/mol. The van der Waals surface area contributed by atoms with E-state index in [1.165, 1.54) is 5.56 Å². The van der Waals surface area contributed by atoms with Gasteiger partial charge in [-0.15, -0.1) is 0 Å². The molecule has 1 heterocycles. The summed E-state index contributed by atoms with van der Waals surface area (Å²) < 4.78 is 5.54. The van der Waals surface area contributed by atoms with Crippen molar-refractivity contribution >= 4 is 17.6 Å². The molecule has 3 aromatic carbocycles. The minimum atomic E-state index is -0.451. The van der Waals surface area contributed by atoms with Crippen molar-refractivity contribution in [2.45, 2.75) is 19.8 Å². The van der Waals surface area contributed by atoms with Crippen LogP contribution >= 0.6 is 0 Å². The van der Waals surface area contributed by atoms with Crippen molar-refractivity contribution in [2.75, 3.05) is 11.4 Å². The Labute approximate surface area is 170 Å². The monoisotopic (exact) mass is 385 g/mol. The first-order valence-electron chi connectivity index (χ1n) is 9.80. The van der Waals surface area contributed by atoms with Crippen LogP contribution in [0.25, 0.3) is 0 Å². The van der Waals surface area contributed by atoms with E-state index in [-0.39, 0.29) is 18.3 Å². The number of hydrogen-bond donors (Lipinski definition) is 0. The predicted octanol–water partition coefficient (Wildman–Crippen LogP) is 4.54. The highest BCUT2D eigenvalue weighted by atomic mass is 16.5. The number of nitrogens with zero attached hydrogens (tertiary/aromatic N) is 1. The molecule has 4 rings (SSSR count). The first-order valence-corrected chi connectivity index (χ1v) is 9.80. The van der Waals surface area contributed by atoms with Gasteiger partial charge in [-0.3, -0.25) is 9.59 Å². The van der Waals surface area contributed by atoms with E-state index in [9.17, 15) is 9.59 Å². The zero-order valence-corrected chi connectivity index (χ0v) is 16.4. The van der Waals surface area contributed by atoms with Crippen LogP contribution in [0.2, 0.25) is 0 Å². The lowest BCUT2D eigenvalue weighted by atomic mass is 10.1. The van der Waals surface area contributed by atoms with Gasteiger partial charge < -0.3 is 9.64 Å². The van der Waals surface area contributed by atoms with E-state index < -0.39 is 5.92 Å². The molecule has 29 heavy (non-hydrogen) atoms. The fourth-order valence-electron chi connectivity index (χ4n) is 3.55. The number of carbonyl (C=O) groups excluding carboxylic acids is 2. The largest absolute Gasteiger partial charge is 0.426 e. The Balaban J connectivity index is 1.37. The summed E-state index contributed by atoms with van der Waals surface area (Å²) in [5.41, 5.74) is 4.34. The standard InChI is InChI=1S/C25H23NO3/c1-18-7-11-22(12-8-18)26-17-21(16-24(26)27)25(28)29-23-13-9-20(10-14-23)15-19-5-3-2-4-6-19/h2-14,21H,15-17H2,1H3/t21-/m0/s1. The summed E-state index contributed by atoms with van der Waals surface area (Å²) in [4.78, 5) is 26.6. The summed E-state index contributed by atoms with van der Waals surface area (Å²) >= 11 is 0. The number of benzene rings is 3. The Morgan fingerprint density at radius 3 is 2.28 bits per heavy atom. The summed E-state index contributed by atoms with van der Waals surface area (Å²) in [7, 11) is 0. The average molecular weight is 385 g/mol. The zero-order chi connectivity index (χ0) is 20.2. The molecule has 4 heteroatoms. The van der Waals surface area contributed by atoms with Crippen molar-refractivity contribution in [3.05, 3.63) is 95.6 Å². The van der Waals surface area contributed by atoms with Crippen LogP contribution in [-0.4, -0.2) is 18.4 Å². The summed E-state index contributed by atoms with van der Waals surface area (Å²) in [5.74, 6) is -0.348. The lowest BCUT2D eigenvalue weighted by molar-refractivity contribution is -0.139. The molecule has 1 aliphatic heterocycles. The number of ether oxygens (including phenoxy) is 1. The van der Waals surface area contributed by atoms with Crippen molar-refractivity contribution in [3.63, 3.8) is 0 Å². The van der Waals surface area contributed by atoms with E-state index in [1.54, 1.807) is 4.90 Å². The predicted molar refractivity (Wildman–Crippen MR) is 113 cm³/mol. The molecule has 1 saturated heterocycles. The average Bonchev–Trinajstić information content (AvgIpc) is 3.13. The summed E-state index contributed by atoms with van der Waals surface area (Å²) in [5, 5.41) is 0. The third-order valence-corrected chi connectivity index (χ3v) is 5.20. The van der Waals surface area contributed by atoms with Crippen LogP contribution < -0.4 is 9.64 Å². The molecule has 0 radical (unpaired) electrons. The number of aryl methyl sites for hydroxylation is 1. The highest BCUT2D eigenvalue weighted by molar-refractivity contribution is 5.99. The van der Waals surface area contributed by atoms with Gasteiger partial charge in [-0.2, -0.15) is 0 Å². The van der Waals surface area contributed by atoms with Crippen LogP contribution in [0.3, 0.4) is 0 Å². The van der Waals surface area contributed by atoms with Gasteiger partial charge in [0.15, 0.2) is 0 Å². The van der Waals surface area contributed by atoms with Crippen molar-refractivity contribution in [1.29, 1.82) is 0 Å². The summed E-state index contributed by atoms with van der Waals surface area (Å²) in [6.07, 6.45) is 1.01. The number of amides is 1. The second-order valence-corrected chi connectivity index (χ2v) is 7.47. The van der Waals surface area contributed by atoms with Gasteiger partial charge in [-0.05, 0) is 48.7 Å². The number of esters is 1. The van der Waals surface area contributed by atoms with E-state index in [2.05, 4.69) is 12.1 Å². The maximum atomic E-state index is 12.6. The van der Waals surface area contributed by atoms with E-state index in [0.29, 0.717) is 12.3 Å². The molecule has 146 valence electrons. The summed E-state index contributed by atoms with van der Waals surface area (Å²) in [6.45, 7) is 2.35. The maximum absolute atomic E-state index is 12.6. The Hall–Kier alpha value is -3.40. The highest BCUT2D eigenvalue weighted by Crippen LogP contribution is 2.27. The number of hydrogen-bond acceptors (Lipinski definition) is 3. The van der Waals surface area contributed by atoms with Gasteiger partial charge in [0.05, 0.1) is 5.92 Å². The molecule has 0 N–H and O–H groups in total. The molecule has 3 aromatic rings. The zero-order valence-electron chi connectivity index (χ0n) is 16.4. The minimum Gasteiger partial charge on any atom is -0.426 e. The molecule has 1 amide bonds. The first-order chi connectivity index (χ1) is 14.1. The van der Waals surface area contributed by atoms with Crippen LogP contribution in [0.5, 0.6) is 5.75 Å². The van der Waals surface area contributed by atoms with E-state index in [4.69, 9.17) is 4.74 Å². The van der Waals surface area contributed by atoms with Gasteiger partial charge in [0.25, 0.3) is 0 Å². The topological polar surface area (TPSA) is 46.6 Å². The summed E-state index contributed by atoms with van der Waals surface area (Å²) in [6, 6.07) is 25.5. The SMILES string of the molecule is Cc1ccc(N2C[C@@H](C(=O)Oc3ccc(Cc4ccccc4)cc3)CC2=O)cc1. The smallest absolute Gasteiger partial charge is 0.316 e. The second kappa shape index (κ2) is 8.31. The Bertz CT molecular complexity index is 995. The molecule has 0 spiro atoms. The van der Waals surface area contributed by atoms with Crippen LogP contribution in [0.1, 0.15) is 23.1 Å². The molecule has 0 saturated carbocycles. The van der Waals surface area contributed by atoms with Gasteiger partial charge in [0.1, 0.15) is 5.75 Å². The molecular formula is C25H23NO3. The molecule has 1 aliphatic rings. The van der Waals surface area contributed by atoms with Gasteiger partial charge >= 0.3 is 5.97 Å². The number of anilines is 1. The van der Waals surface area contributed by atoms with Gasteiger partial charge in [-0.25, -0.2) is 0 Å². The van der Waals surface area contributed by atoms with Crippen LogP contribution in [0.4, 0.5) is 5.69 Å². The Morgan fingerprint density at radius 2 is 1.59 bits per heavy atom. The van der Waals surface area contributed by atoms with E-state index in [0.717, 1.165) is 23.2 Å². The van der Waals surface area contributed by atoms with Crippen molar-refractivity contribution in [1.82, 2.24) is 0 Å². The Morgan fingerprint density at radius 1 is 0.931 bits per heavy atom. The lowest BCUT2D eigenvalue weighted by Gasteiger charge is -2.16. The fraction of sp³-hybridized carbons (Fsp3) is 0.200. The number of rotatable bonds is 5. The van der Waals surface area contributed by atoms with Crippen LogP contribution in [-0.2, 0) is 16.0 Å². The van der Waals surface area contributed by atoms with Crippen molar-refractivity contribution in [2.24, 2.45) is 5.92 Å². The molecule has 1 atom stereocenters. The third kappa shape index (κ3) is 4.54. The third-order valence-electron chi connectivity index (χ3n) is 5.20. The molecule has 0 aliphatic carbocycles. The fourth-order valence-corrected chi connectivity index (χ4v) is 3.55. The molecule has 0 unspecified atom stereocenters.